The summed E-state index contributed by atoms with van der Waals surface area (Å²) in [7, 11) is 0. The number of hydrogen-bond acceptors (Lipinski definition) is 4. The molecule has 6 nitrogen and oxygen atoms in total. The minimum Gasteiger partial charge on any atom is -0.478 e. The number of carbonyl (C=O) groups is 2. The zero-order chi connectivity index (χ0) is 25.3. The van der Waals surface area contributed by atoms with Gasteiger partial charge >= 0.3 is 5.97 Å². The Bertz CT molecular complexity index is 1330. The van der Waals surface area contributed by atoms with Crippen LogP contribution in [0.3, 0.4) is 0 Å². The SMILES string of the molecule is O=C(O)c1ccc(NC(=O)C(Sc2ccc(NC(=S)Nc3ccccc3)cc2)c2ccccc2)cc1. The lowest BCUT2D eigenvalue weighted by atomic mass is 10.1. The van der Waals surface area contributed by atoms with E-state index in [1.54, 1.807) is 12.1 Å². The summed E-state index contributed by atoms with van der Waals surface area (Å²) >= 11 is 6.82. The van der Waals surface area contributed by atoms with Gasteiger partial charge < -0.3 is 21.1 Å². The lowest BCUT2D eigenvalue weighted by Gasteiger charge is -2.18. The van der Waals surface area contributed by atoms with Crippen molar-refractivity contribution in [1.29, 1.82) is 0 Å². The Morgan fingerprint density at radius 1 is 0.667 bits per heavy atom. The number of rotatable bonds is 8. The van der Waals surface area contributed by atoms with E-state index in [4.69, 9.17) is 17.3 Å². The van der Waals surface area contributed by atoms with Crippen LogP contribution in [0.25, 0.3) is 0 Å². The highest BCUT2D eigenvalue weighted by Gasteiger charge is 2.22. The Morgan fingerprint density at radius 2 is 1.17 bits per heavy atom. The highest BCUT2D eigenvalue weighted by atomic mass is 32.2. The largest absolute Gasteiger partial charge is 0.478 e. The molecule has 0 aromatic heterocycles. The molecule has 4 aromatic rings. The van der Waals surface area contributed by atoms with Crippen LogP contribution in [0.4, 0.5) is 17.1 Å². The van der Waals surface area contributed by atoms with Crippen LogP contribution in [-0.2, 0) is 4.79 Å². The van der Waals surface area contributed by atoms with E-state index in [9.17, 15) is 9.59 Å². The van der Waals surface area contributed by atoms with Gasteiger partial charge in [0.2, 0.25) is 5.91 Å². The monoisotopic (exact) mass is 513 g/mol. The second-order valence-electron chi connectivity index (χ2n) is 7.75. The summed E-state index contributed by atoms with van der Waals surface area (Å²) in [6.45, 7) is 0. The van der Waals surface area contributed by atoms with E-state index in [1.165, 1.54) is 23.9 Å². The molecule has 4 aromatic carbocycles. The third kappa shape index (κ3) is 6.94. The fourth-order valence-electron chi connectivity index (χ4n) is 3.37. The number of nitrogens with one attached hydrogen (secondary N) is 3. The van der Waals surface area contributed by atoms with Gasteiger partial charge in [-0.1, -0.05) is 48.5 Å². The highest BCUT2D eigenvalue weighted by molar-refractivity contribution is 8.00. The number of carbonyl (C=O) groups excluding carboxylic acids is 1. The van der Waals surface area contributed by atoms with Gasteiger partial charge in [0.25, 0.3) is 0 Å². The van der Waals surface area contributed by atoms with E-state index < -0.39 is 11.2 Å². The fourth-order valence-corrected chi connectivity index (χ4v) is 4.63. The maximum absolute atomic E-state index is 13.2. The smallest absolute Gasteiger partial charge is 0.335 e. The molecule has 0 radical (unpaired) electrons. The highest BCUT2D eigenvalue weighted by Crippen LogP contribution is 2.36. The number of aromatic carboxylic acids is 1. The molecular weight excluding hydrogens is 490 g/mol. The van der Waals surface area contributed by atoms with E-state index in [0.717, 1.165) is 21.8 Å². The molecule has 0 heterocycles. The minimum atomic E-state index is -1.01. The average Bonchev–Trinajstić information content (AvgIpc) is 2.89. The Hall–Kier alpha value is -4.14. The van der Waals surface area contributed by atoms with Crippen molar-refractivity contribution in [1.82, 2.24) is 0 Å². The number of benzene rings is 4. The summed E-state index contributed by atoms with van der Waals surface area (Å²) < 4.78 is 0. The zero-order valence-corrected chi connectivity index (χ0v) is 20.7. The first-order valence-electron chi connectivity index (χ1n) is 11.1. The van der Waals surface area contributed by atoms with Crippen molar-refractivity contribution in [3.05, 3.63) is 120 Å². The van der Waals surface area contributed by atoms with Crippen LogP contribution in [0.15, 0.2) is 114 Å². The number of para-hydroxylation sites is 1. The normalized spacial score (nSPS) is 11.2. The topological polar surface area (TPSA) is 90.5 Å². The van der Waals surface area contributed by atoms with Crippen LogP contribution in [0.2, 0.25) is 0 Å². The molecule has 0 aliphatic rings. The van der Waals surface area contributed by atoms with Gasteiger partial charge in [0, 0.05) is 22.0 Å². The van der Waals surface area contributed by atoms with Gasteiger partial charge in [-0.05, 0) is 78.4 Å². The van der Waals surface area contributed by atoms with E-state index in [2.05, 4.69) is 16.0 Å². The number of carboxylic acid groups (broad SMARTS) is 1. The number of thioether (sulfide) groups is 1. The fraction of sp³-hybridized carbons (Fsp3) is 0.0357. The molecule has 4 N–H and O–H groups in total. The Morgan fingerprint density at radius 3 is 1.75 bits per heavy atom. The lowest BCUT2D eigenvalue weighted by Crippen LogP contribution is -2.19. The summed E-state index contributed by atoms with van der Waals surface area (Å²) in [4.78, 5) is 25.2. The summed E-state index contributed by atoms with van der Waals surface area (Å²) in [5.74, 6) is -1.22. The van der Waals surface area contributed by atoms with Gasteiger partial charge in [-0.15, -0.1) is 11.8 Å². The first kappa shape index (κ1) is 25.0. The summed E-state index contributed by atoms with van der Waals surface area (Å²) in [6.07, 6.45) is 0. The Balaban J connectivity index is 1.44. The van der Waals surface area contributed by atoms with E-state index >= 15 is 0 Å². The average molecular weight is 514 g/mol. The quantitative estimate of drug-likeness (QED) is 0.155. The van der Waals surface area contributed by atoms with Crippen LogP contribution in [-0.4, -0.2) is 22.1 Å². The molecule has 1 amide bonds. The minimum absolute atomic E-state index is 0.161. The first-order valence-corrected chi connectivity index (χ1v) is 12.4. The van der Waals surface area contributed by atoms with Crippen molar-refractivity contribution in [2.75, 3.05) is 16.0 Å². The third-order valence-electron chi connectivity index (χ3n) is 5.14. The molecule has 0 saturated carbocycles. The molecule has 8 heteroatoms. The van der Waals surface area contributed by atoms with Gasteiger partial charge in [-0.3, -0.25) is 4.79 Å². The van der Waals surface area contributed by atoms with Crippen LogP contribution >= 0.6 is 24.0 Å². The number of thiocarbonyl (C=S) groups is 1. The molecule has 0 saturated heterocycles. The molecule has 0 aliphatic heterocycles. The van der Waals surface area contributed by atoms with E-state index in [1.807, 2.05) is 84.9 Å². The van der Waals surface area contributed by atoms with Crippen LogP contribution in [0.5, 0.6) is 0 Å². The molecule has 0 fully saturated rings. The number of amides is 1. The predicted molar refractivity (Wildman–Crippen MR) is 150 cm³/mol. The number of anilines is 3. The molecule has 1 unspecified atom stereocenters. The van der Waals surface area contributed by atoms with Crippen molar-refractivity contribution < 1.29 is 14.7 Å². The standard InChI is InChI=1S/C28H23N3O3S2/c32-26(29-22-13-11-20(12-14-22)27(33)34)25(19-7-3-1-4-8-19)36-24-17-15-23(16-18-24)31-28(35)30-21-9-5-2-6-10-21/h1-18,25H,(H,29,32)(H,33,34)(H2,30,31,35). The van der Waals surface area contributed by atoms with E-state index in [-0.39, 0.29) is 11.5 Å². The maximum Gasteiger partial charge on any atom is 0.335 e. The van der Waals surface area contributed by atoms with Crippen molar-refractivity contribution >= 4 is 58.0 Å². The Labute approximate surface area is 218 Å². The molecule has 1 atom stereocenters. The maximum atomic E-state index is 13.2. The van der Waals surface area contributed by atoms with Crippen molar-refractivity contribution in [2.24, 2.45) is 0 Å². The van der Waals surface area contributed by atoms with Crippen LogP contribution < -0.4 is 16.0 Å². The number of hydrogen-bond donors (Lipinski definition) is 4. The van der Waals surface area contributed by atoms with Gasteiger partial charge in [0.1, 0.15) is 5.25 Å². The Kier molecular flexibility index (Phi) is 8.33. The number of carboxylic acids is 1. The summed E-state index contributed by atoms with van der Waals surface area (Å²) in [6, 6.07) is 33.0. The predicted octanol–water partition coefficient (Wildman–Crippen LogP) is 6.67. The molecule has 180 valence electrons. The van der Waals surface area contributed by atoms with Crippen molar-refractivity contribution in [3.63, 3.8) is 0 Å². The van der Waals surface area contributed by atoms with Gasteiger partial charge in [0.15, 0.2) is 5.11 Å². The van der Waals surface area contributed by atoms with E-state index in [0.29, 0.717) is 10.8 Å². The summed E-state index contributed by atoms with van der Waals surface area (Å²) in [5.41, 5.74) is 3.28. The molecule has 36 heavy (non-hydrogen) atoms. The molecule has 0 spiro atoms. The third-order valence-corrected chi connectivity index (χ3v) is 6.61. The second kappa shape index (κ2) is 12.0. The molecule has 0 aliphatic carbocycles. The van der Waals surface area contributed by atoms with Crippen LogP contribution in [0.1, 0.15) is 21.2 Å². The van der Waals surface area contributed by atoms with Gasteiger partial charge in [0.05, 0.1) is 5.56 Å². The molecule has 4 rings (SSSR count). The first-order chi connectivity index (χ1) is 17.5. The van der Waals surface area contributed by atoms with Gasteiger partial charge in [-0.25, -0.2) is 4.79 Å². The lowest BCUT2D eigenvalue weighted by molar-refractivity contribution is -0.115. The van der Waals surface area contributed by atoms with Crippen LogP contribution in [0, 0.1) is 0 Å². The zero-order valence-electron chi connectivity index (χ0n) is 19.0. The summed E-state index contributed by atoms with van der Waals surface area (Å²) in [5, 5.41) is 18.3. The van der Waals surface area contributed by atoms with Gasteiger partial charge in [-0.2, -0.15) is 0 Å². The molecular formula is C28H23N3O3S2. The second-order valence-corrected chi connectivity index (χ2v) is 9.34. The molecule has 0 bridgehead atoms. The van der Waals surface area contributed by atoms with Crippen molar-refractivity contribution in [3.8, 4) is 0 Å². The van der Waals surface area contributed by atoms with Crippen molar-refractivity contribution in [2.45, 2.75) is 10.1 Å².